The number of hydrogen-bond acceptors (Lipinski definition) is 3. The molecule has 0 aromatic rings. The molecule has 0 heterocycles. The summed E-state index contributed by atoms with van der Waals surface area (Å²) >= 11 is 0. The zero-order valence-electron chi connectivity index (χ0n) is 9.67. The second-order valence-electron chi connectivity index (χ2n) is 4.39. The second kappa shape index (κ2) is 5.58. The van der Waals surface area contributed by atoms with E-state index in [1.807, 2.05) is 20.9 Å². The van der Waals surface area contributed by atoms with E-state index in [4.69, 9.17) is 0 Å². The van der Waals surface area contributed by atoms with Gasteiger partial charge < -0.3 is 14.9 Å². The van der Waals surface area contributed by atoms with E-state index in [2.05, 4.69) is 23.9 Å². The first kappa shape index (κ1) is 12.9. The van der Waals surface area contributed by atoms with Gasteiger partial charge in [-0.05, 0) is 34.5 Å². The molecule has 13 heavy (non-hydrogen) atoms. The standard InChI is InChI=1S/C10H24N2O/c1-6-10(2,13)9-12(5)8-7-11(3)4/h13H,6-9H2,1-5H3/t10-/m0/s1. The van der Waals surface area contributed by atoms with E-state index < -0.39 is 5.60 Å². The van der Waals surface area contributed by atoms with E-state index in [1.54, 1.807) is 0 Å². The molecule has 1 N–H and O–H groups in total. The Morgan fingerprint density at radius 2 is 1.69 bits per heavy atom. The van der Waals surface area contributed by atoms with Crippen molar-refractivity contribution in [1.29, 1.82) is 0 Å². The molecule has 0 aliphatic carbocycles. The Morgan fingerprint density at radius 1 is 1.15 bits per heavy atom. The average Bonchev–Trinajstić information content (AvgIpc) is 2.00. The first-order valence-electron chi connectivity index (χ1n) is 4.93. The van der Waals surface area contributed by atoms with Crippen LogP contribution in [0, 0.1) is 0 Å². The van der Waals surface area contributed by atoms with Crippen LogP contribution in [0.15, 0.2) is 0 Å². The Balaban J connectivity index is 3.67. The van der Waals surface area contributed by atoms with Gasteiger partial charge in [-0.1, -0.05) is 6.92 Å². The largest absolute Gasteiger partial charge is 0.389 e. The molecule has 0 fully saturated rings. The Morgan fingerprint density at radius 3 is 2.08 bits per heavy atom. The highest BCUT2D eigenvalue weighted by atomic mass is 16.3. The van der Waals surface area contributed by atoms with Crippen LogP contribution in [0.3, 0.4) is 0 Å². The van der Waals surface area contributed by atoms with Crippen molar-refractivity contribution in [2.24, 2.45) is 0 Å². The van der Waals surface area contributed by atoms with Crippen LogP contribution >= 0.6 is 0 Å². The van der Waals surface area contributed by atoms with Crippen molar-refractivity contribution in [1.82, 2.24) is 9.80 Å². The van der Waals surface area contributed by atoms with Crippen LogP contribution in [-0.4, -0.2) is 61.3 Å². The third-order valence-electron chi connectivity index (χ3n) is 2.30. The molecule has 0 aliphatic rings. The maximum Gasteiger partial charge on any atom is 0.0743 e. The van der Waals surface area contributed by atoms with Gasteiger partial charge in [-0.25, -0.2) is 0 Å². The predicted octanol–water partition coefficient (Wildman–Crippen LogP) is 0.641. The van der Waals surface area contributed by atoms with E-state index in [-0.39, 0.29) is 0 Å². The molecule has 0 saturated heterocycles. The molecule has 0 aromatic carbocycles. The molecule has 0 radical (unpaired) electrons. The molecule has 0 bridgehead atoms. The molecule has 0 aromatic heterocycles. The Bertz CT molecular complexity index is 135. The van der Waals surface area contributed by atoms with Gasteiger partial charge in [0.1, 0.15) is 0 Å². The summed E-state index contributed by atoms with van der Waals surface area (Å²) in [6, 6.07) is 0. The van der Waals surface area contributed by atoms with Crippen molar-refractivity contribution >= 4 is 0 Å². The average molecular weight is 188 g/mol. The van der Waals surface area contributed by atoms with Crippen molar-refractivity contribution in [3.8, 4) is 0 Å². The van der Waals surface area contributed by atoms with Crippen LogP contribution in [-0.2, 0) is 0 Å². The van der Waals surface area contributed by atoms with Crippen LogP contribution in [0.25, 0.3) is 0 Å². The number of likely N-dealkylation sites (N-methyl/N-ethyl adjacent to an activating group) is 2. The van der Waals surface area contributed by atoms with Crippen LogP contribution in [0.5, 0.6) is 0 Å². The minimum absolute atomic E-state index is 0.541. The van der Waals surface area contributed by atoms with E-state index in [9.17, 15) is 5.11 Å². The minimum atomic E-state index is -0.541. The highest BCUT2D eigenvalue weighted by molar-refractivity contribution is 4.74. The van der Waals surface area contributed by atoms with E-state index in [0.717, 1.165) is 26.1 Å². The van der Waals surface area contributed by atoms with E-state index in [1.165, 1.54) is 0 Å². The molecule has 3 heteroatoms. The van der Waals surface area contributed by atoms with E-state index in [0.29, 0.717) is 0 Å². The molecule has 80 valence electrons. The van der Waals surface area contributed by atoms with Gasteiger partial charge in [0, 0.05) is 19.6 Å². The predicted molar refractivity (Wildman–Crippen MR) is 57.0 cm³/mol. The Kier molecular flexibility index (Phi) is 5.53. The third-order valence-corrected chi connectivity index (χ3v) is 2.30. The lowest BCUT2D eigenvalue weighted by atomic mass is 10.0. The van der Waals surface area contributed by atoms with Crippen LogP contribution < -0.4 is 0 Å². The minimum Gasteiger partial charge on any atom is -0.389 e. The molecule has 0 spiro atoms. The van der Waals surface area contributed by atoms with Gasteiger partial charge in [-0.15, -0.1) is 0 Å². The zero-order chi connectivity index (χ0) is 10.5. The Labute approximate surface area is 82.3 Å². The molecule has 0 aliphatic heterocycles. The highest BCUT2D eigenvalue weighted by Gasteiger charge is 2.19. The lowest BCUT2D eigenvalue weighted by molar-refractivity contribution is 0.0225. The number of hydrogen-bond donors (Lipinski definition) is 1. The number of rotatable bonds is 6. The summed E-state index contributed by atoms with van der Waals surface area (Å²) < 4.78 is 0. The first-order valence-corrected chi connectivity index (χ1v) is 4.93. The SMILES string of the molecule is CC[C@](C)(O)CN(C)CCN(C)C. The van der Waals surface area contributed by atoms with Crippen molar-refractivity contribution in [2.75, 3.05) is 40.8 Å². The summed E-state index contributed by atoms with van der Waals surface area (Å²) in [4.78, 5) is 4.32. The summed E-state index contributed by atoms with van der Waals surface area (Å²) in [6.07, 6.45) is 0.805. The monoisotopic (exact) mass is 188 g/mol. The summed E-state index contributed by atoms with van der Waals surface area (Å²) in [5.41, 5.74) is -0.541. The molecule has 3 nitrogen and oxygen atoms in total. The Hall–Kier alpha value is -0.120. The van der Waals surface area contributed by atoms with Crippen molar-refractivity contribution in [3.05, 3.63) is 0 Å². The second-order valence-corrected chi connectivity index (χ2v) is 4.39. The molecular weight excluding hydrogens is 164 g/mol. The topological polar surface area (TPSA) is 26.7 Å². The molecule has 0 amide bonds. The lowest BCUT2D eigenvalue weighted by Crippen LogP contribution is -2.40. The molecule has 0 saturated carbocycles. The highest BCUT2D eigenvalue weighted by Crippen LogP contribution is 2.09. The fraction of sp³-hybridized carbons (Fsp3) is 1.00. The van der Waals surface area contributed by atoms with Crippen molar-refractivity contribution in [2.45, 2.75) is 25.9 Å². The molecule has 0 rings (SSSR count). The summed E-state index contributed by atoms with van der Waals surface area (Å²) in [5, 5.41) is 9.80. The van der Waals surface area contributed by atoms with Gasteiger partial charge in [-0.3, -0.25) is 0 Å². The van der Waals surface area contributed by atoms with Gasteiger partial charge in [0.25, 0.3) is 0 Å². The van der Waals surface area contributed by atoms with Crippen LogP contribution in [0.2, 0.25) is 0 Å². The maximum atomic E-state index is 9.80. The summed E-state index contributed by atoms with van der Waals surface area (Å²) in [5.74, 6) is 0. The molecular formula is C10H24N2O. The van der Waals surface area contributed by atoms with Crippen LogP contribution in [0.1, 0.15) is 20.3 Å². The number of nitrogens with zero attached hydrogens (tertiary/aromatic N) is 2. The van der Waals surface area contributed by atoms with Crippen molar-refractivity contribution in [3.63, 3.8) is 0 Å². The maximum absolute atomic E-state index is 9.80. The lowest BCUT2D eigenvalue weighted by Gasteiger charge is -2.28. The van der Waals surface area contributed by atoms with Crippen LogP contribution in [0.4, 0.5) is 0 Å². The van der Waals surface area contributed by atoms with Gasteiger partial charge in [0.2, 0.25) is 0 Å². The van der Waals surface area contributed by atoms with Gasteiger partial charge >= 0.3 is 0 Å². The first-order chi connectivity index (χ1) is 5.87. The fourth-order valence-electron chi connectivity index (χ4n) is 1.14. The van der Waals surface area contributed by atoms with Gasteiger partial charge in [0.05, 0.1) is 5.60 Å². The van der Waals surface area contributed by atoms with E-state index >= 15 is 0 Å². The molecule has 1 atom stereocenters. The third kappa shape index (κ3) is 6.99. The summed E-state index contributed by atoms with van der Waals surface area (Å²) in [6.45, 7) is 6.69. The fourth-order valence-corrected chi connectivity index (χ4v) is 1.14. The normalized spacial score (nSPS) is 16.6. The summed E-state index contributed by atoms with van der Waals surface area (Å²) in [7, 11) is 6.17. The quantitative estimate of drug-likeness (QED) is 0.663. The van der Waals surface area contributed by atoms with Crippen molar-refractivity contribution < 1.29 is 5.11 Å². The number of aliphatic hydroxyl groups is 1. The zero-order valence-corrected chi connectivity index (χ0v) is 9.67. The molecule has 0 unspecified atom stereocenters. The van der Waals surface area contributed by atoms with Gasteiger partial charge in [-0.2, -0.15) is 0 Å². The smallest absolute Gasteiger partial charge is 0.0743 e. The van der Waals surface area contributed by atoms with Gasteiger partial charge in [0.15, 0.2) is 0 Å².